The average molecular weight is 157 g/mol. The van der Waals surface area contributed by atoms with Gasteiger partial charge in [0.1, 0.15) is 0 Å². The molecule has 1 heteroatoms. The maximum atomic E-state index is 6.11. The summed E-state index contributed by atoms with van der Waals surface area (Å²) in [4.78, 5) is -0.230. The van der Waals surface area contributed by atoms with Gasteiger partial charge in [-0.15, -0.1) is 11.6 Å². The van der Waals surface area contributed by atoms with Crippen molar-refractivity contribution in [2.45, 2.75) is 32.1 Å². The first-order valence-corrected chi connectivity index (χ1v) is 3.93. The number of allylic oxidation sites excluding steroid dienone is 4. The molecule has 0 amide bonds. The molecule has 0 aromatic carbocycles. The van der Waals surface area contributed by atoms with Gasteiger partial charge in [0.2, 0.25) is 0 Å². The standard InChI is InChI=1S/C9H13Cl/c1-7-4-8(2)6-9(3,10)5-7/h5-6H,4H2,1-3H3. The normalized spacial score (nSPS) is 23.6. The SMILES string of the molecule is CC1=CC(C)(Cl)C=C(C)C1. The maximum absolute atomic E-state index is 6.11. The van der Waals surface area contributed by atoms with E-state index in [9.17, 15) is 0 Å². The Labute approximate surface area is 67.6 Å². The molecule has 0 heterocycles. The van der Waals surface area contributed by atoms with E-state index < -0.39 is 0 Å². The average Bonchev–Trinajstić information content (AvgIpc) is 1.54. The Morgan fingerprint density at radius 3 is 2.00 bits per heavy atom. The van der Waals surface area contributed by atoms with Crippen LogP contribution in [0.25, 0.3) is 0 Å². The first-order chi connectivity index (χ1) is 4.49. The third-order valence-corrected chi connectivity index (χ3v) is 1.83. The molecular weight excluding hydrogens is 144 g/mol. The summed E-state index contributed by atoms with van der Waals surface area (Å²) in [6.07, 6.45) is 5.31. The highest BCUT2D eigenvalue weighted by atomic mass is 35.5. The number of halogens is 1. The van der Waals surface area contributed by atoms with Crippen molar-refractivity contribution in [3.8, 4) is 0 Å². The summed E-state index contributed by atoms with van der Waals surface area (Å²) < 4.78 is 0. The lowest BCUT2D eigenvalue weighted by Gasteiger charge is -2.20. The smallest absolute Gasteiger partial charge is 0.0783 e. The van der Waals surface area contributed by atoms with Gasteiger partial charge < -0.3 is 0 Å². The maximum Gasteiger partial charge on any atom is 0.0783 e. The molecule has 0 fully saturated rings. The fourth-order valence-corrected chi connectivity index (χ4v) is 1.92. The lowest BCUT2D eigenvalue weighted by molar-refractivity contribution is 0.893. The molecule has 0 aliphatic heterocycles. The van der Waals surface area contributed by atoms with Crippen molar-refractivity contribution in [3.05, 3.63) is 23.3 Å². The van der Waals surface area contributed by atoms with Crippen molar-refractivity contribution in [1.29, 1.82) is 0 Å². The molecule has 0 N–H and O–H groups in total. The van der Waals surface area contributed by atoms with Crippen LogP contribution in [0, 0.1) is 0 Å². The van der Waals surface area contributed by atoms with E-state index in [-0.39, 0.29) is 4.87 Å². The fraction of sp³-hybridized carbons (Fsp3) is 0.556. The topological polar surface area (TPSA) is 0 Å². The summed E-state index contributed by atoms with van der Waals surface area (Å²) in [6, 6.07) is 0. The summed E-state index contributed by atoms with van der Waals surface area (Å²) >= 11 is 6.11. The largest absolute Gasteiger partial charge is 0.110 e. The van der Waals surface area contributed by atoms with Crippen LogP contribution in [0.15, 0.2) is 23.3 Å². The second-order valence-corrected chi connectivity index (χ2v) is 4.12. The highest BCUT2D eigenvalue weighted by Crippen LogP contribution is 2.29. The third kappa shape index (κ3) is 1.88. The van der Waals surface area contributed by atoms with Gasteiger partial charge in [0, 0.05) is 0 Å². The Morgan fingerprint density at radius 2 is 1.70 bits per heavy atom. The van der Waals surface area contributed by atoms with Gasteiger partial charge in [0.05, 0.1) is 4.87 Å². The van der Waals surface area contributed by atoms with Crippen LogP contribution in [0.5, 0.6) is 0 Å². The van der Waals surface area contributed by atoms with E-state index in [4.69, 9.17) is 11.6 Å². The predicted octanol–water partition coefficient (Wildman–Crippen LogP) is 3.28. The molecule has 0 saturated heterocycles. The molecule has 0 aromatic rings. The van der Waals surface area contributed by atoms with E-state index in [0.717, 1.165) is 6.42 Å². The van der Waals surface area contributed by atoms with Gasteiger partial charge in [-0.05, 0) is 27.2 Å². The summed E-state index contributed by atoms with van der Waals surface area (Å²) in [5.41, 5.74) is 2.75. The van der Waals surface area contributed by atoms with Crippen LogP contribution in [-0.2, 0) is 0 Å². The molecule has 0 unspecified atom stereocenters. The van der Waals surface area contributed by atoms with Crippen LogP contribution >= 0.6 is 11.6 Å². The first-order valence-electron chi connectivity index (χ1n) is 3.55. The quantitative estimate of drug-likeness (QED) is 0.373. The molecule has 56 valence electrons. The van der Waals surface area contributed by atoms with E-state index in [2.05, 4.69) is 26.0 Å². The Hall–Kier alpha value is -0.230. The second-order valence-electron chi connectivity index (χ2n) is 3.31. The Bertz CT molecular complexity index is 177. The minimum Gasteiger partial charge on any atom is -0.110 e. The van der Waals surface area contributed by atoms with Gasteiger partial charge in [-0.1, -0.05) is 23.3 Å². The van der Waals surface area contributed by atoms with Crippen molar-refractivity contribution in [2.75, 3.05) is 0 Å². The molecule has 0 radical (unpaired) electrons. The zero-order chi connectivity index (χ0) is 7.78. The van der Waals surface area contributed by atoms with Gasteiger partial charge in [-0.2, -0.15) is 0 Å². The lowest BCUT2D eigenvalue weighted by Crippen LogP contribution is -2.13. The third-order valence-electron chi connectivity index (χ3n) is 1.61. The Balaban J connectivity index is 2.88. The fourth-order valence-electron chi connectivity index (χ4n) is 1.55. The molecule has 0 atom stereocenters. The molecule has 0 aromatic heterocycles. The molecule has 1 rings (SSSR count). The van der Waals surface area contributed by atoms with Gasteiger partial charge in [0.25, 0.3) is 0 Å². The highest BCUT2D eigenvalue weighted by Gasteiger charge is 2.18. The number of alkyl halides is 1. The number of hydrogen-bond donors (Lipinski definition) is 0. The predicted molar refractivity (Wildman–Crippen MR) is 46.4 cm³/mol. The van der Waals surface area contributed by atoms with E-state index in [0.29, 0.717) is 0 Å². The van der Waals surface area contributed by atoms with Crippen molar-refractivity contribution in [3.63, 3.8) is 0 Å². The number of rotatable bonds is 0. The summed E-state index contributed by atoms with van der Waals surface area (Å²) in [5, 5.41) is 0. The van der Waals surface area contributed by atoms with E-state index in [1.807, 2.05) is 6.92 Å². The van der Waals surface area contributed by atoms with Crippen LogP contribution in [0.2, 0.25) is 0 Å². The summed E-state index contributed by atoms with van der Waals surface area (Å²) in [7, 11) is 0. The molecule has 1 aliphatic rings. The van der Waals surface area contributed by atoms with Crippen LogP contribution in [-0.4, -0.2) is 4.87 Å². The minimum atomic E-state index is -0.230. The monoisotopic (exact) mass is 156 g/mol. The molecule has 10 heavy (non-hydrogen) atoms. The zero-order valence-corrected chi connectivity index (χ0v) is 7.50. The van der Waals surface area contributed by atoms with Crippen molar-refractivity contribution >= 4 is 11.6 Å². The van der Waals surface area contributed by atoms with Crippen molar-refractivity contribution in [1.82, 2.24) is 0 Å². The van der Waals surface area contributed by atoms with Gasteiger partial charge in [-0.3, -0.25) is 0 Å². The van der Waals surface area contributed by atoms with E-state index in [1.54, 1.807) is 0 Å². The summed E-state index contributed by atoms with van der Waals surface area (Å²) in [5.74, 6) is 0. The van der Waals surface area contributed by atoms with E-state index >= 15 is 0 Å². The molecule has 1 aliphatic carbocycles. The number of hydrogen-bond acceptors (Lipinski definition) is 0. The lowest BCUT2D eigenvalue weighted by atomic mass is 9.94. The molecule has 0 saturated carbocycles. The molecule has 0 nitrogen and oxygen atoms in total. The minimum absolute atomic E-state index is 0.230. The van der Waals surface area contributed by atoms with Gasteiger partial charge >= 0.3 is 0 Å². The Kier molecular flexibility index (Phi) is 1.91. The molecule has 0 bridgehead atoms. The van der Waals surface area contributed by atoms with E-state index in [1.165, 1.54) is 11.1 Å². The molecular formula is C9H13Cl. The highest BCUT2D eigenvalue weighted by molar-refractivity contribution is 6.26. The van der Waals surface area contributed by atoms with Crippen LogP contribution < -0.4 is 0 Å². The van der Waals surface area contributed by atoms with Gasteiger partial charge in [-0.25, -0.2) is 0 Å². The van der Waals surface area contributed by atoms with Crippen LogP contribution in [0.1, 0.15) is 27.2 Å². The zero-order valence-electron chi connectivity index (χ0n) is 6.74. The Morgan fingerprint density at radius 1 is 1.30 bits per heavy atom. The molecule has 0 spiro atoms. The van der Waals surface area contributed by atoms with Gasteiger partial charge in [0.15, 0.2) is 0 Å². The first kappa shape index (κ1) is 7.87. The summed E-state index contributed by atoms with van der Waals surface area (Å²) in [6.45, 7) is 6.26. The second kappa shape index (κ2) is 2.43. The van der Waals surface area contributed by atoms with Crippen LogP contribution in [0.4, 0.5) is 0 Å². The van der Waals surface area contributed by atoms with Crippen LogP contribution in [0.3, 0.4) is 0 Å². The van der Waals surface area contributed by atoms with Crippen molar-refractivity contribution < 1.29 is 0 Å². The van der Waals surface area contributed by atoms with Crippen molar-refractivity contribution in [2.24, 2.45) is 0 Å².